The topological polar surface area (TPSA) is 55.3 Å². The summed E-state index contributed by atoms with van der Waals surface area (Å²) in [4.78, 5) is 0. The Bertz CT molecular complexity index is 312. The van der Waals surface area contributed by atoms with E-state index in [-0.39, 0.29) is 10.2 Å². The summed E-state index contributed by atoms with van der Waals surface area (Å²) < 4.78 is -0.0966. The fourth-order valence-corrected chi connectivity index (χ4v) is 2.13. The van der Waals surface area contributed by atoms with E-state index in [1.54, 1.807) is 0 Å². The summed E-state index contributed by atoms with van der Waals surface area (Å²) >= 11 is 1.32. The van der Waals surface area contributed by atoms with Crippen molar-refractivity contribution in [1.29, 1.82) is 5.26 Å². The summed E-state index contributed by atoms with van der Waals surface area (Å²) in [6.45, 7) is 2.09. The SMILES string of the molecule is CC(CP)(SC#N)c1ccccc1.O. The van der Waals surface area contributed by atoms with Gasteiger partial charge < -0.3 is 5.48 Å². The van der Waals surface area contributed by atoms with Crippen molar-refractivity contribution < 1.29 is 5.48 Å². The van der Waals surface area contributed by atoms with Gasteiger partial charge in [0, 0.05) is 0 Å². The molecule has 0 bridgehead atoms. The number of nitrogens with zero attached hydrogens (tertiary/aromatic N) is 1. The highest BCUT2D eigenvalue weighted by Crippen LogP contribution is 2.36. The first-order chi connectivity index (χ1) is 6.23. The predicted octanol–water partition coefficient (Wildman–Crippen LogP) is 2.17. The number of thiocyanates is 1. The van der Waals surface area contributed by atoms with Gasteiger partial charge in [-0.3, -0.25) is 0 Å². The molecular formula is C10H14NOPS. The number of rotatable bonds is 3. The average Bonchev–Trinajstić information content (AvgIpc) is 2.19. The number of hydrogen-bond acceptors (Lipinski definition) is 2. The van der Waals surface area contributed by atoms with Crippen molar-refractivity contribution in [3.8, 4) is 5.40 Å². The van der Waals surface area contributed by atoms with Crippen LogP contribution in [-0.4, -0.2) is 11.6 Å². The third-order valence-electron chi connectivity index (χ3n) is 2.04. The van der Waals surface area contributed by atoms with Crippen molar-refractivity contribution in [2.75, 3.05) is 6.16 Å². The molecule has 14 heavy (non-hydrogen) atoms. The lowest BCUT2D eigenvalue weighted by Gasteiger charge is -2.24. The zero-order chi connectivity index (χ0) is 9.73. The van der Waals surface area contributed by atoms with Crippen LogP contribution in [0.3, 0.4) is 0 Å². The van der Waals surface area contributed by atoms with Crippen LogP contribution in [0.15, 0.2) is 30.3 Å². The van der Waals surface area contributed by atoms with Crippen LogP contribution < -0.4 is 0 Å². The highest BCUT2D eigenvalue weighted by atomic mass is 32.2. The number of thioether (sulfide) groups is 1. The number of benzene rings is 1. The lowest BCUT2D eigenvalue weighted by Crippen LogP contribution is -2.18. The van der Waals surface area contributed by atoms with Gasteiger partial charge in [-0.15, -0.1) is 9.24 Å². The maximum absolute atomic E-state index is 8.70. The molecule has 0 saturated heterocycles. The van der Waals surface area contributed by atoms with Gasteiger partial charge in [0.15, 0.2) is 0 Å². The molecule has 2 N–H and O–H groups in total. The third kappa shape index (κ3) is 2.99. The van der Waals surface area contributed by atoms with Crippen molar-refractivity contribution >= 4 is 21.0 Å². The average molecular weight is 227 g/mol. The minimum Gasteiger partial charge on any atom is -0.412 e. The summed E-state index contributed by atoms with van der Waals surface area (Å²) in [5.41, 5.74) is 1.21. The zero-order valence-electron chi connectivity index (χ0n) is 8.03. The van der Waals surface area contributed by atoms with Gasteiger partial charge in [-0.25, -0.2) is 0 Å². The van der Waals surface area contributed by atoms with Gasteiger partial charge in [-0.1, -0.05) is 30.3 Å². The zero-order valence-corrected chi connectivity index (χ0v) is 10.00. The molecule has 1 aromatic rings. The summed E-state index contributed by atoms with van der Waals surface area (Å²) in [5, 5.41) is 10.9. The first kappa shape index (κ1) is 13.4. The molecule has 0 radical (unpaired) electrons. The van der Waals surface area contributed by atoms with Gasteiger partial charge in [0.1, 0.15) is 5.40 Å². The Morgan fingerprint density at radius 1 is 1.43 bits per heavy atom. The van der Waals surface area contributed by atoms with Gasteiger partial charge in [0.05, 0.1) is 4.75 Å². The fraction of sp³-hybridized carbons (Fsp3) is 0.300. The number of hydrogen-bond donors (Lipinski definition) is 0. The molecule has 0 aliphatic rings. The maximum Gasteiger partial charge on any atom is 0.134 e. The lowest BCUT2D eigenvalue weighted by atomic mass is 10.0. The standard InChI is InChI=1S/C10H12NPS.H2O/c1-10(7-12,13-8-11)9-5-3-2-4-6-9;/h2-6H,7,12H2,1H3;1H2. The molecule has 2 unspecified atom stereocenters. The minimum absolute atomic E-state index is 0. The number of nitriles is 1. The van der Waals surface area contributed by atoms with Crippen molar-refractivity contribution in [2.24, 2.45) is 0 Å². The Kier molecular flexibility index (Phi) is 5.79. The molecule has 0 spiro atoms. The van der Waals surface area contributed by atoms with E-state index in [2.05, 4.69) is 33.7 Å². The van der Waals surface area contributed by atoms with E-state index in [4.69, 9.17) is 5.26 Å². The second-order valence-electron chi connectivity index (χ2n) is 2.99. The highest BCUT2D eigenvalue weighted by Gasteiger charge is 2.25. The van der Waals surface area contributed by atoms with E-state index in [0.717, 1.165) is 6.16 Å². The van der Waals surface area contributed by atoms with Gasteiger partial charge >= 0.3 is 0 Å². The largest absolute Gasteiger partial charge is 0.412 e. The molecule has 2 nitrogen and oxygen atoms in total. The Morgan fingerprint density at radius 2 is 2.00 bits per heavy atom. The van der Waals surface area contributed by atoms with Crippen molar-refractivity contribution in [1.82, 2.24) is 0 Å². The monoisotopic (exact) mass is 227 g/mol. The van der Waals surface area contributed by atoms with Crippen molar-refractivity contribution in [2.45, 2.75) is 11.7 Å². The first-order valence-electron chi connectivity index (χ1n) is 4.05. The van der Waals surface area contributed by atoms with E-state index in [1.807, 2.05) is 18.2 Å². The molecule has 0 aliphatic heterocycles. The molecule has 4 heteroatoms. The minimum atomic E-state index is -0.0966. The summed E-state index contributed by atoms with van der Waals surface area (Å²) in [6.07, 6.45) is 0.884. The van der Waals surface area contributed by atoms with E-state index < -0.39 is 0 Å². The quantitative estimate of drug-likeness (QED) is 0.587. The van der Waals surface area contributed by atoms with Gasteiger partial charge in [-0.05, 0) is 30.4 Å². The smallest absolute Gasteiger partial charge is 0.134 e. The van der Waals surface area contributed by atoms with Crippen LogP contribution in [0.2, 0.25) is 0 Å². The Hall–Kier alpha value is -0.550. The first-order valence-corrected chi connectivity index (χ1v) is 5.69. The molecule has 0 fully saturated rings. The molecule has 2 atom stereocenters. The molecule has 0 saturated carbocycles. The Morgan fingerprint density at radius 3 is 2.43 bits per heavy atom. The molecule has 76 valence electrons. The predicted molar refractivity (Wildman–Crippen MR) is 65.2 cm³/mol. The molecule has 0 aromatic heterocycles. The molecular weight excluding hydrogens is 213 g/mol. The van der Waals surface area contributed by atoms with Crippen LogP contribution in [0.5, 0.6) is 0 Å². The highest BCUT2D eigenvalue weighted by molar-refractivity contribution is 8.04. The normalized spacial score (nSPS) is 13.5. The van der Waals surface area contributed by atoms with Gasteiger partial charge in [0.2, 0.25) is 0 Å². The van der Waals surface area contributed by atoms with Crippen LogP contribution in [0.25, 0.3) is 0 Å². The third-order valence-corrected chi connectivity index (χ3v) is 4.10. The van der Waals surface area contributed by atoms with Crippen LogP contribution in [0, 0.1) is 10.7 Å². The van der Waals surface area contributed by atoms with E-state index in [9.17, 15) is 0 Å². The molecule has 0 amide bonds. The summed E-state index contributed by atoms with van der Waals surface area (Å²) in [7, 11) is 2.70. The van der Waals surface area contributed by atoms with Crippen molar-refractivity contribution in [3.63, 3.8) is 0 Å². The fourth-order valence-electron chi connectivity index (χ4n) is 1.11. The molecule has 0 heterocycles. The lowest BCUT2D eigenvalue weighted by molar-refractivity contribution is 0.801. The van der Waals surface area contributed by atoms with Crippen LogP contribution in [0.4, 0.5) is 0 Å². The second-order valence-corrected chi connectivity index (χ2v) is 4.69. The Labute approximate surface area is 91.2 Å². The van der Waals surface area contributed by atoms with Crippen LogP contribution in [-0.2, 0) is 4.75 Å². The maximum atomic E-state index is 8.70. The van der Waals surface area contributed by atoms with Gasteiger partial charge in [-0.2, -0.15) is 5.26 Å². The van der Waals surface area contributed by atoms with E-state index in [1.165, 1.54) is 17.3 Å². The molecule has 1 aromatic carbocycles. The molecule has 0 aliphatic carbocycles. The van der Waals surface area contributed by atoms with Gasteiger partial charge in [0.25, 0.3) is 0 Å². The van der Waals surface area contributed by atoms with E-state index >= 15 is 0 Å². The second kappa shape index (κ2) is 6.03. The Balaban J connectivity index is 0.00000169. The summed E-state index contributed by atoms with van der Waals surface area (Å²) in [5.74, 6) is 0. The van der Waals surface area contributed by atoms with E-state index in [0.29, 0.717) is 0 Å². The van der Waals surface area contributed by atoms with Crippen LogP contribution >= 0.6 is 21.0 Å². The summed E-state index contributed by atoms with van der Waals surface area (Å²) in [6, 6.07) is 10.1. The van der Waals surface area contributed by atoms with Crippen LogP contribution in [0.1, 0.15) is 12.5 Å². The molecule has 1 rings (SSSR count). The van der Waals surface area contributed by atoms with Crippen molar-refractivity contribution in [3.05, 3.63) is 35.9 Å².